The van der Waals surface area contributed by atoms with Crippen molar-refractivity contribution >= 4 is 17.5 Å². The minimum Gasteiger partial charge on any atom is -0.494 e. The predicted molar refractivity (Wildman–Crippen MR) is 125 cm³/mol. The average Bonchev–Trinajstić information content (AvgIpc) is 3.44. The molecular weight excluding hydrogens is 424 g/mol. The smallest absolute Gasteiger partial charge is 0.191 e. The van der Waals surface area contributed by atoms with Crippen molar-refractivity contribution in [3.05, 3.63) is 65.4 Å². The lowest BCUT2D eigenvalue weighted by atomic mass is 10.2. The second kappa shape index (κ2) is 9.08. The van der Waals surface area contributed by atoms with E-state index in [0.717, 1.165) is 45.5 Å². The largest absolute Gasteiger partial charge is 0.494 e. The van der Waals surface area contributed by atoms with Crippen molar-refractivity contribution in [2.45, 2.75) is 32.9 Å². The van der Waals surface area contributed by atoms with Crippen molar-refractivity contribution in [1.82, 2.24) is 19.3 Å². The molecule has 8 heteroatoms. The summed E-state index contributed by atoms with van der Waals surface area (Å²) in [5.74, 6) is 2.68. The quantitative estimate of drug-likeness (QED) is 0.272. The van der Waals surface area contributed by atoms with Gasteiger partial charge in [-0.3, -0.25) is 4.79 Å². The molecule has 0 radical (unpaired) electrons. The van der Waals surface area contributed by atoms with E-state index in [4.69, 9.17) is 9.15 Å². The van der Waals surface area contributed by atoms with E-state index in [1.54, 1.807) is 6.26 Å². The van der Waals surface area contributed by atoms with Gasteiger partial charge in [0.15, 0.2) is 16.8 Å². The van der Waals surface area contributed by atoms with Crippen LogP contribution in [0.4, 0.5) is 0 Å². The van der Waals surface area contributed by atoms with Crippen LogP contribution in [0.5, 0.6) is 5.75 Å². The summed E-state index contributed by atoms with van der Waals surface area (Å²) in [7, 11) is 1.90. The number of nitrogens with zero attached hydrogens (tertiary/aromatic N) is 4. The lowest BCUT2D eigenvalue weighted by Gasteiger charge is -2.11. The lowest BCUT2D eigenvalue weighted by Crippen LogP contribution is -2.06. The van der Waals surface area contributed by atoms with Crippen molar-refractivity contribution < 1.29 is 13.9 Å². The van der Waals surface area contributed by atoms with E-state index in [1.165, 1.54) is 11.8 Å². The van der Waals surface area contributed by atoms with Gasteiger partial charge >= 0.3 is 0 Å². The first kappa shape index (κ1) is 22.0. The molecule has 7 nitrogen and oxygen atoms in total. The van der Waals surface area contributed by atoms with E-state index in [2.05, 4.69) is 14.8 Å². The summed E-state index contributed by atoms with van der Waals surface area (Å²) in [6, 6.07) is 11.7. The molecule has 0 unspecified atom stereocenters. The van der Waals surface area contributed by atoms with E-state index < -0.39 is 0 Å². The van der Waals surface area contributed by atoms with Gasteiger partial charge in [0.1, 0.15) is 11.5 Å². The molecule has 1 aromatic carbocycles. The molecular formula is C24H26N4O3S. The fraction of sp³-hybridized carbons (Fsp3) is 0.292. The van der Waals surface area contributed by atoms with E-state index >= 15 is 0 Å². The summed E-state index contributed by atoms with van der Waals surface area (Å²) in [5.41, 5.74) is 4.55. The van der Waals surface area contributed by atoms with Crippen molar-refractivity contribution in [1.29, 1.82) is 0 Å². The summed E-state index contributed by atoms with van der Waals surface area (Å²) in [5, 5.41) is 9.22. The molecule has 0 bridgehead atoms. The number of ketones is 1. The fourth-order valence-electron chi connectivity index (χ4n) is 3.80. The molecule has 166 valence electrons. The molecule has 0 saturated heterocycles. The molecule has 3 aromatic heterocycles. The highest BCUT2D eigenvalue weighted by molar-refractivity contribution is 7.99. The molecule has 3 heterocycles. The molecule has 32 heavy (non-hydrogen) atoms. The Morgan fingerprint density at radius 2 is 1.88 bits per heavy atom. The Morgan fingerprint density at radius 3 is 2.53 bits per heavy atom. The molecule has 4 rings (SSSR count). The lowest BCUT2D eigenvalue weighted by molar-refractivity contribution is 0.102. The van der Waals surface area contributed by atoms with Crippen LogP contribution in [-0.4, -0.2) is 37.5 Å². The highest BCUT2D eigenvalue weighted by Crippen LogP contribution is 2.28. The Labute approximate surface area is 191 Å². The number of carbonyl (C=O) groups is 1. The van der Waals surface area contributed by atoms with Gasteiger partial charge in [-0.2, -0.15) is 0 Å². The summed E-state index contributed by atoms with van der Waals surface area (Å²) in [6.07, 6.45) is 1.63. The van der Waals surface area contributed by atoms with Gasteiger partial charge in [-0.15, -0.1) is 10.2 Å². The number of rotatable bonds is 8. The first-order valence-corrected chi connectivity index (χ1v) is 11.4. The van der Waals surface area contributed by atoms with Gasteiger partial charge in [-0.05, 0) is 64.1 Å². The number of ether oxygens (including phenoxy) is 1. The van der Waals surface area contributed by atoms with Crippen molar-refractivity contribution in [2.24, 2.45) is 7.05 Å². The van der Waals surface area contributed by atoms with Crippen LogP contribution in [-0.2, 0) is 7.05 Å². The zero-order chi connectivity index (χ0) is 22.8. The number of hydrogen-bond acceptors (Lipinski definition) is 6. The van der Waals surface area contributed by atoms with E-state index in [1.807, 2.05) is 75.7 Å². The number of aryl methyl sites for hydroxylation is 2. The van der Waals surface area contributed by atoms with Crippen LogP contribution in [0.1, 0.15) is 34.4 Å². The highest BCUT2D eigenvalue weighted by atomic mass is 32.2. The number of carbonyl (C=O) groups excluding carboxylic acids is 1. The minimum absolute atomic E-state index is 0.0596. The highest BCUT2D eigenvalue weighted by Gasteiger charge is 2.19. The maximum atomic E-state index is 13.0. The van der Waals surface area contributed by atoms with Gasteiger partial charge in [0, 0.05) is 29.7 Å². The third-order valence-electron chi connectivity index (χ3n) is 5.40. The van der Waals surface area contributed by atoms with Crippen LogP contribution < -0.4 is 4.74 Å². The first-order chi connectivity index (χ1) is 15.4. The molecule has 0 fully saturated rings. The SMILES string of the molecule is CCOc1ccc(-n2c(C)cc(C(=O)CSc3nnc(-c4ccoc4C)n3C)c2C)cc1. The third kappa shape index (κ3) is 4.10. The van der Waals surface area contributed by atoms with E-state index in [0.29, 0.717) is 11.8 Å². The van der Waals surface area contributed by atoms with Gasteiger partial charge in [0.05, 0.1) is 24.2 Å². The Kier molecular flexibility index (Phi) is 6.23. The van der Waals surface area contributed by atoms with Crippen molar-refractivity contribution in [3.63, 3.8) is 0 Å². The number of benzene rings is 1. The Morgan fingerprint density at radius 1 is 1.12 bits per heavy atom. The molecule has 0 amide bonds. The summed E-state index contributed by atoms with van der Waals surface area (Å²) < 4.78 is 14.9. The fourth-order valence-corrected chi connectivity index (χ4v) is 4.59. The zero-order valence-electron chi connectivity index (χ0n) is 18.9. The molecule has 0 aliphatic rings. The zero-order valence-corrected chi connectivity index (χ0v) is 19.7. The predicted octanol–water partition coefficient (Wildman–Crippen LogP) is 5.16. The van der Waals surface area contributed by atoms with Gasteiger partial charge in [-0.25, -0.2) is 0 Å². The summed E-state index contributed by atoms with van der Waals surface area (Å²) in [4.78, 5) is 13.0. The summed E-state index contributed by atoms with van der Waals surface area (Å²) in [6.45, 7) is 8.47. The molecule has 0 spiro atoms. The molecule has 0 N–H and O–H groups in total. The number of hydrogen-bond donors (Lipinski definition) is 0. The molecule has 0 aliphatic heterocycles. The van der Waals surface area contributed by atoms with Gasteiger partial charge in [0.25, 0.3) is 0 Å². The van der Waals surface area contributed by atoms with Gasteiger partial charge in [-0.1, -0.05) is 11.8 Å². The molecule has 0 aliphatic carbocycles. The molecule has 0 saturated carbocycles. The van der Waals surface area contributed by atoms with Crippen LogP contribution in [0.15, 0.2) is 52.2 Å². The van der Waals surface area contributed by atoms with E-state index in [-0.39, 0.29) is 11.5 Å². The Bertz CT molecular complexity index is 1250. The Balaban J connectivity index is 1.51. The second-order valence-corrected chi connectivity index (χ2v) is 8.46. The topological polar surface area (TPSA) is 75.1 Å². The van der Waals surface area contributed by atoms with Crippen LogP contribution >= 0.6 is 11.8 Å². The number of furan rings is 1. The molecule has 4 aromatic rings. The van der Waals surface area contributed by atoms with Crippen LogP contribution in [0.25, 0.3) is 17.1 Å². The molecule has 0 atom stereocenters. The first-order valence-electron chi connectivity index (χ1n) is 10.4. The number of aromatic nitrogens is 4. The maximum absolute atomic E-state index is 13.0. The van der Waals surface area contributed by atoms with Gasteiger partial charge < -0.3 is 18.3 Å². The summed E-state index contributed by atoms with van der Waals surface area (Å²) >= 11 is 1.38. The second-order valence-electron chi connectivity index (χ2n) is 7.51. The van der Waals surface area contributed by atoms with E-state index in [9.17, 15) is 4.79 Å². The monoisotopic (exact) mass is 450 g/mol. The van der Waals surface area contributed by atoms with Crippen molar-refractivity contribution in [3.8, 4) is 22.8 Å². The third-order valence-corrected chi connectivity index (χ3v) is 6.42. The maximum Gasteiger partial charge on any atom is 0.191 e. The van der Waals surface area contributed by atoms with Crippen LogP contribution in [0.3, 0.4) is 0 Å². The van der Waals surface area contributed by atoms with Crippen LogP contribution in [0.2, 0.25) is 0 Å². The van der Waals surface area contributed by atoms with Crippen molar-refractivity contribution in [2.75, 3.05) is 12.4 Å². The van der Waals surface area contributed by atoms with Crippen LogP contribution in [0, 0.1) is 20.8 Å². The minimum atomic E-state index is 0.0596. The van der Waals surface area contributed by atoms with Gasteiger partial charge in [0.2, 0.25) is 0 Å². The Hall–Kier alpha value is -3.26. The number of thioether (sulfide) groups is 1. The average molecular weight is 451 g/mol. The normalized spacial score (nSPS) is 11.2. The standard InChI is InChI=1S/C24H26N4O3S/c1-6-30-19-9-7-18(8-10-19)28-15(2)13-21(16(28)3)22(29)14-32-24-26-25-23(27(24)5)20-11-12-31-17(20)4/h7-13H,6,14H2,1-5H3. The number of Topliss-reactive ketones (excluding diaryl/α,β-unsaturated/α-hetero) is 1.